The van der Waals surface area contributed by atoms with Crippen LogP contribution in [0.1, 0.15) is 40.7 Å². The minimum atomic E-state index is -3.70. The Labute approximate surface area is 191 Å². The molecule has 1 aromatic heterocycles. The van der Waals surface area contributed by atoms with E-state index in [-0.39, 0.29) is 17.1 Å². The van der Waals surface area contributed by atoms with Gasteiger partial charge in [0.15, 0.2) is 0 Å². The van der Waals surface area contributed by atoms with E-state index in [2.05, 4.69) is 0 Å². The summed E-state index contributed by atoms with van der Waals surface area (Å²) in [5, 5.41) is 0.612. The van der Waals surface area contributed by atoms with Gasteiger partial charge in [0, 0.05) is 36.2 Å². The molecule has 1 aliphatic rings. The molecule has 2 heterocycles. The summed E-state index contributed by atoms with van der Waals surface area (Å²) >= 11 is 0. The number of carbonyl (C=O) groups excluding carboxylic acids is 1. The zero-order chi connectivity index (χ0) is 23.6. The van der Waals surface area contributed by atoms with Gasteiger partial charge in [-0.2, -0.15) is 4.31 Å². The number of ether oxygens (including phenoxy) is 2. The molecule has 3 aromatic rings. The summed E-state index contributed by atoms with van der Waals surface area (Å²) in [6.45, 7) is 2.49. The average Bonchev–Trinajstić information content (AvgIpc) is 2.82. The van der Waals surface area contributed by atoms with Gasteiger partial charge < -0.3 is 13.9 Å². The molecule has 0 radical (unpaired) electrons. The summed E-state index contributed by atoms with van der Waals surface area (Å²) in [4.78, 5) is 24.8. The number of methoxy groups -OCH3 is 1. The zero-order valence-corrected chi connectivity index (χ0v) is 19.3. The van der Waals surface area contributed by atoms with Crippen molar-refractivity contribution < 1.29 is 27.1 Å². The average molecular weight is 472 g/mol. The third kappa shape index (κ3) is 4.79. The lowest BCUT2D eigenvalue weighted by Gasteiger charge is -2.26. The highest BCUT2D eigenvalue weighted by molar-refractivity contribution is 7.89. The molecule has 174 valence electrons. The molecule has 1 aliphatic heterocycles. The summed E-state index contributed by atoms with van der Waals surface area (Å²) in [6.07, 6.45) is 2.66. The van der Waals surface area contributed by atoms with Gasteiger partial charge in [0.25, 0.3) is 0 Å². The van der Waals surface area contributed by atoms with Crippen LogP contribution in [0.2, 0.25) is 0 Å². The van der Waals surface area contributed by atoms with Crippen molar-refractivity contribution in [2.75, 3.05) is 20.2 Å². The summed E-state index contributed by atoms with van der Waals surface area (Å²) in [5.41, 5.74) is 0.915. The molecule has 33 heavy (non-hydrogen) atoms. The largest absolute Gasteiger partial charge is 0.497 e. The highest BCUT2D eigenvalue weighted by atomic mass is 32.2. The molecular formula is C24H25NO7S. The lowest BCUT2D eigenvalue weighted by molar-refractivity contribution is 0.0473. The van der Waals surface area contributed by atoms with E-state index in [9.17, 15) is 18.0 Å². The Kier molecular flexibility index (Phi) is 6.53. The topological polar surface area (TPSA) is 103 Å². The van der Waals surface area contributed by atoms with Crippen LogP contribution in [0.4, 0.5) is 0 Å². The van der Waals surface area contributed by atoms with Crippen LogP contribution in [0, 0.1) is 6.92 Å². The number of carbonyl (C=O) groups is 1. The van der Waals surface area contributed by atoms with Gasteiger partial charge in [0.05, 0.1) is 17.6 Å². The van der Waals surface area contributed by atoms with Crippen molar-refractivity contribution >= 4 is 27.0 Å². The summed E-state index contributed by atoms with van der Waals surface area (Å²) < 4.78 is 43.5. The van der Waals surface area contributed by atoms with E-state index < -0.39 is 21.6 Å². The second kappa shape index (κ2) is 9.36. The van der Waals surface area contributed by atoms with E-state index in [1.165, 1.54) is 29.6 Å². The van der Waals surface area contributed by atoms with Crippen LogP contribution in [-0.2, 0) is 21.4 Å². The lowest BCUT2D eigenvalue weighted by Crippen LogP contribution is -2.36. The lowest BCUT2D eigenvalue weighted by atomic mass is 10.1. The van der Waals surface area contributed by atoms with Crippen molar-refractivity contribution in [1.29, 1.82) is 0 Å². The maximum Gasteiger partial charge on any atom is 0.338 e. The Morgan fingerprint density at radius 2 is 1.82 bits per heavy atom. The Balaban J connectivity index is 1.58. The number of benzene rings is 2. The Morgan fingerprint density at radius 1 is 1.06 bits per heavy atom. The second-order valence-electron chi connectivity index (χ2n) is 7.97. The minimum Gasteiger partial charge on any atom is -0.497 e. The molecule has 0 atom stereocenters. The third-order valence-electron chi connectivity index (χ3n) is 5.75. The van der Waals surface area contributed by atoms with Gasteiger partial charge in [-0.25, -0.2) is 18.0 Å². The number of hydrogen-bond acceptors (Lipinski definition) is 7. The highest BCUT2D eigenvalue weighted by Crippen LogP contribution is 2.26. The van der Waals surface area contributed by atoms with Gasteiger partial charge in [-0.05, 0) is 49.6 Å². The predicted octanol–water partition coefficient (Wildman–Crippen LogP) is 3.64. The fourth-order valence-corrected chi connectivity index (χ4v) is 5.70. The summed E-state index contributed by atoms with van der Waals surface area (Å²) in [5.74, 6) is -0.151. The van der Waals surface area contributed by atoms with Crippen LogP contribution in [0.5, 0.6) is 5.75 Å². The van der Waals surface area contributed by atoms with Crippen molar-refractivity contribution in [3.05, 3.63) is 69.6 Å². The molecule has 0 aliphatic carbocycles. The number of fused-ring (bicyclic) bond motifs is 1. The first kappa shape index (κ1) is 23.0. The van der Waals surface area contributed by atoms with Crippen molar-refractivity contribution in [3.63, 3.8) is 0 Å². The number of piperidine rings is 1. The molecule has 4 rings (SSSR count). The first-order valence-electron chi connectivity index (χ1n) is 10.7. The fourth-order valence-electron chi connectivity index (χ4n) is 3.93. The molecule has 1 saturated heterocycles. The number of rotatable bonds is 6. The third-order valence-corrected chi connectivity index (χ3v) is 7.79. The van der Waals surface area contributed by atoms with Gasteiger partial charge >= 0.3 is 11.6 Å². The van der Waals surface area contributed by atoms with E-state index in [1.807, 2.05) is 0 Å². The van der Waals surface area contributed by atoms with Crippen LogP contribution >= 0.6 is 0 Å². The number of nitrogens with zero attached hydrogens (tertiary/aromatic N) is 1. The molecule has 0 saturated carbocycles. The number of esters is 1. The second-order valence-corrected chi connectivity index (χ2v) is 9.88. The van der Waals surface area contributed by atoms with Crippen LogP contribution in [0.15, 0.2) is 56.6 Å². The van der Waals surface area contributed by atoms with Crippen molar-refractivity contribution in [2.24, 2.45) is 0 Å². The van der Waals surface area contributed by atoms with Gasteiger partial charge in [-0.1, -0.05) is 12.5 Å². The molecule has 0 N–H and O–H groups in total. The number of aryl methyl sites for hydroxylation is 1. The molecule has 0 amide bonds. The van der Waals surface area contributed by atoms with E-state index in [1.54, 1.807) is 31.2 Å². The fraction of sp³-hybridized carbons (Fsp3) is 0.333. The molecule has 0 bridgehead atoms. The smallest absolute Gasteiger partial charge is 0.338 e. The van der Waals surface area contributed by atoms with Crippen molar-refractivity contribution in [1.82, 2.24) is 4.31 Å². The van der Waals surface area contributed by atoms with E-state index >= 15 is 0 Å². The van der Waals surface area contributed by atoms with E-state index in [4.69, 9.17) is 13.9 Å². The molecular weight excluding hydrogens is 446 g/mol. The summed E-state index contributed by atoms with van der Waals surface area (Å²) in [7, 11) is -2.19. The maximum atomic E-state index is 13.1. The number of sulfonamides is 1. The first-order chi connectivity index (χ1) is 15.8. The zero-order valence-electron chi connectivity index (χ0n) is 18.5. The quantitative estimate of drug-likeness (QED) is 0.399. The monoisotopic (exact) mass is 471 g/mol. The van der Waals surface area contributed by atoms with Gasteiger partial charge in [0.1, 0.15) is 17.9 Å². The standard InChI is InChI=1S/C24H25NO7S/c1-16-6-7-17(12-22(16)33(28,29)25-10-4-3-5-11-25)24(27)31-15-18-13-23(26)32-21-14-19(30-2)8-9-20(18)21/h6-9,12-14H,3-5,10-11,15H2,1-2H3. The van der Waals surface area contributed by atoms with Crippen molar-refractivity contribution in [2.45, 2.75) is 37.7 Å². The normalized spacial score (nSPS) is 14.8. The molecule has 1 fully saturated rings. The SMILES string of the molecule is COc1ccc2c(COC(=O)c3ccc(C)c(S(=O)(=O)N4CCCCC4)c3)cc(=O)oc2c1. The van der Waals surface area contributed by atoms with Gasteiger partial charge in [-0.3, -0.25) is 0 Å². The Bertz CT molecular complexity index is 1350. The van der Waals surface area contributed by atoms with E-state index in [0.717, 1.165) is 19.3 Å². The predicted molar refractivity (Wildman–Crippen MR) is 122 cm³/mol. The van der Waals surface area contributed by atoms with Crippen LogP contribution in [-0.4, -0.2) is 38.9 Å². The highest BCUT2D eigenvalue weighted by Gasteiger charge is 2.28. The van der Waals surface area contributed by atoms with Crippen molar-refractivity contribution in [3.8, 4) is 5.75 Å². The van der Waals surface area contributed by atoms with Crippen LogP contribution in [0.25, 0.3) is 11.0 Å². The Hall–Kier alpha value is -3.17. The molecule has 0 spiro atoms. The molecule has 0 unspecified atom stereocenters. The van der Waals surface area contributed by atoms with E-state index in [0.29, 0.717) is 40.9 Å². The van der Waals surface area contributed by atoms with Gasteiger partial charge in [0.2, 0.25) is 10.0 Å². The van der Waals surface area contributed by atoms with Crippen LogP contribution < -0.4 is 10.4 Å². The van der Waals surface area contributed by atoms with Gasteiger partial charge in [-0.15, -0.1) is 0 Å². The maximum absolute atomic E-state index is 13.1. The number of hydrogen-bond donors (Lipinski definition) is 0. The molecule has 2 aromatic carbocycles. The first-order valence-corrected chi connectivity index (χ1v) is 12.1. The summed E-state index contributed by atoms with van der Waals surface area (Å²) in [6, 6.07) is 10.8. The minimum absolute atomic E-state index is 0.108. The molecule has 8 nitrogen and oxygen atoms in total. The molecule has 9 heteroatoms. The Morgan fingerprint density at radius 3 is 2.55 bits per heavy atom. The van der Waals surface area contributed by atoms with Crippen LogP contribution in [0.3, 0.4) is 0 Å².